The summed E-state index contributed by atoms with van der Waals surface area (Å²) >= 11 is 3.52. The van der Waals surface area contributed by atoms with E-state index in [0.29, 0.717) is 17.9 Å². The highest BCUT2D eigenvalue weighted by molar-refractivity contribution is 9.10. The van der Waals surface area contributed by atoms with Crippen molar-refractivity contribution in [1.29, 1.82) is 0 Å². The summed E-state index contributed by atoms with van der Waals surface area (Å²) < 4.78 is 6.60. The zero-order chi connectivity index (χ0) is 11.4. The van der Waals surface area contributed by atoms with Gasteiger partial charge in [-0.15, -0.1) is 0 Å². The van der Waals surface area contributed by atoms with E-state index in [0.717, 1.165) is 16.8 Å². The Morgan fingerprint density at radius 2 is 2.07 bits per heavy atom. The molecule has 0 fully saturated rings. The van der Waals surface area contributed by atoms with Crippen molar-refractivity contribution in [2.45, 2.75) is 33.7 Å². The summed E-state index contributed by atoms with van der Waals surface area (Å²) in [6.07, 6.45) is 1.73. The van der Waals surface area contributed by atoms with Crippen LogP contribution in [0.3, 0.4) is 0 Å². The predicted molar refractivity (Wildman–Crippen MR) is 66.8 cm³/mol. The largest absolute Gasteiger partial charge is 0.466 e. The molecule has 2 unspecified atom stereocenters. The third-order valence-electron chi connectivity index (χ3n) is 2.93. The van der Waals surface area contributed by atoms with Gasteiger partial charge >= 0.3 is 0 Å². The van der Waals surface area contributed by atoms with E-state index in [1.165, 1.54) is 0 Å². The number of hydrogen-bond donors (Lipinski definition) is 1. The van der Waals surface area contributed by atoms with Crippen LogP contribution in [0, 0.1) is 11.8 Å². The van der Waals surface area contributed by atoms with Crippen LogP contribution in [0.2, 0.25) is 0 Å². The number of furan rings is 1. The molecule has 1 rings (SSSR count). The molecule has 1 aromatic rings. The maximum atomic E-state index is 5.54. The van der Waals surface area contributed by atoms with Crippen LogP contribution in [0.1, 0.15) is 39.5 Å². The summed E-state index contributed by atoms with van der Waals surface area (Å²) in [4.78, 5) is 0. The van der Waals surface area contributed by atoms with Gasteiger partial charge in [0, 0.05) is 0 Å². The van der Waals surface area contributed by atoms with Crippen LogP contribution in [0.5, 0.6) is 0 Å². The minimum absolute atomic E-state index is 0.291. The van der Waals surface area contributed by atoms with E-state index in [-0.39, 0.29) is 0 Å². The molecule has 0 bridgehead atoms. The van der Waals surface area contributed by atoms with Gasteiger partial charge in [0.2, 0.25) is 0 Å². The number of rotatable bonds is 5. The Balaban J connectivity index is 2.87. The molecular weight excluding hydrogens is 254 g/mol. The van der Waals surface area contributed by atoms with Gasteiger partial charge in [0.25, 0.3) is 0 Å². The molecule has 2 nitrogen and oxygen atoms in total. The second-order valence-electron chi connectivity index (χ2n) is 4.27. The third-order valence-corrected chi connectivity index (χ3v) is 3.58. The lowest BCUT2D eigenvalue weighted by Crippen LogP contribution is -2.29. The van der Waals surface area contributed by atoms with Crippen LogP contribution < -0.4 is 5.32 Å². The highest BCUT2D eigenvalue weighted by Crippen LogP contribution is 2.32. The molecule has 0 saturated carbocycles. The minimum atomic E-state index is 0.291. The number of nitrogens with one attached hydrogen (secondary N) is 1. The second-order valence-corrected chi connectivity index (χ2v) is 5.13. The first-order valence-corrected chi connectivity index (χ1v) is 6.33. The summed E-state index contributed by atoms with van der Waals surface area (Å²) in [5.41, 5.74) is 0. The number of hydrogen-bond acceptors (Lipinski definition) is 2. The van der Waals surface area contributed by atoms with Crippen LogP contribution >= 0.6 is 15.9 Å². The van der Waals surface area contributed by atoms with Gasteiger partial charge in [-0.25, -0.2) is 0 Å². The quantitative estimate of drug-likeness (QED) is 0.878. The Kier molecular flexibility index (Phi) is 4.87. The lowest BCUT2D eigenvalue weighted by Gasteiger charge is -2.26. The van der Waals surface area contributed by atoms with Crippen molar-refractivity contribution in [1.82, 2.24) is 5.32 Å². The molecule has 0 aliphatic rings. The Morgan fingerprint density at radius 3 is 2.47 bits per heavy atom. The fourth-order valence-electron chi connectivity index (χ4n) is 1.65. The summed E-state index contributed by atoms with van der Waals surface area (Å²) in [6.45, 7) is 9.82. The second kappa shape index (κ2) is 5.71. The average molecular weight is 274 g/mol. The van der Waals surface area contributed by atoms with Crippen molar-refractivity contribution < 1.29 is 4.42 Å². The molecule has 0 saturated heterocycles. The van der Waals surface area contributed by atoms with Gasteiger partial charge in [-0.3, -0.25) is 0 Å². The molecule has 2 atom stereocenters. The monoisotopic (exact) mass is 273 g/mol. The molecule has 0 aromatic carbocycles. The first-order chi connectivity index (χ1) is 7.07. The summed E-state index contributed by atoms with van der Waals surface area (Å²) in [5.74, 6) is 2.19. The third kappa shape index (κ3) is 3.08. The van der Waals surface area contributed by atoms with E-state index in [2.05, 4.69) is 48.9 Å². The van der Waals surface area contributed by atoms with Crippen LogP contribution in [-0.2, 0) is 0 Å². The molecule has 1 aromatic heterocycles. The van der Waals surface area contributed by atoms with Crippen molar-refractivity contribution in [2.24, 2.45) is 11.8 Å². The molecule has 0 spiro atoms. The van der Waals surface area contributed by atoms with E-state index >= 15 is 0 Å². The zero-order valence-electron chi connectivity index (χ0n) is 9.88. The van der Waals surface area contributed by atoms with Gasteiger partial charge < -0.3 is 9.73 Å². The molecule has 0 amide bonds. The van der Waals surface area contributed by atoms with Gasteiger partial charge in [0.1, 0.15) is 5.76 Å². The molecule has 1 heterocycles. The Labute approximate surface area is 101 Å². The Morgan fingerprint density at radius 1 is 1.40 bits per heavy atom. The molecule has 0 radical (unpaired) electrons. The van der Waals surface area contributed by atoms with Gasteiger partial charge in [-0.05, 0) is 40.4 Å². The van der Waals surface area contributed by atoms with Crippen molar-refractivity contribution in [3.05, 3.63) is 22.6 Å². The smallest absolute Gasteiger partial charge is 0.135 e. The van der Waals surface area contributed by atoms with Crippen LogP contribution in [-0.4, -0.2) is 6.54 Å². The van der Waals surface area contributed by atoms with E-state index < -0.39 is 0 Å². The van der Waals surface area contributed by atoms with Crippen molar-refractivity contribution in [3.63, 3.8) is 0 Å². The molecular formula is C12H20BrNO. The summed E-state index contributed by atoms with van der Waals surface area (Å²) in [6, 6.07) is 2.24. The van der Waals surface area contributed by atoms with Gasteiger partial charge in [0.05, 0.1) is 16.8 Å². The lowest BCUT2D eigenvalue weighted by atomic mass is 9.89. The van der Waals surface area contributed by atoms with Gasteiger partial charge in [-0.1, -0.05) is 27.7 Å². The maximum absolute atomic E-state index is 5.54. The van der Waals surface area contributed by atoms with E-state index in [1.807, 2.05) is 6.07 Å². The summed E-state index contributed by atoms with van der Waals surface area (Å²) in [5, 5.41) is 3.48. The van der Waals surface area contributed by atoms with Crippen molar-refractivity contribution in [3.8, 4) is 0 Å². The van der Waals surface area contributed by atoms with Crippen molar-refractivity contribution in [2.75, 3.05) is 6.54 Å². The van der Waals surface area contributed by atoms with E-state index in [9.17, 15) is 0 Å². The van der Waals surface area contributed by atoms with Crippen LogP contribution in [0.15, 0.2) is 21.2 Å². The number of halogens is 1. The molecule has 1 N–H and O–H groups in total. The van der Waals surface area contributed by atoms with E-state index in [4.69, 9.17) is 4.42 Å². The minimum Gasteiger partial charge on any atom is -0.466 e. The normalized spacial score (nSPS) is 15.6. The Hall–Kier alpha value is -0.280. The van der Waals surface area contributed by atoms with Crippen molar-refractivity contribution >= 4 is 15.9 Å². The fourth-order valence-corrected chi connectivity index (χ4v) is 2.10. The van der Waals surface area contributed by atoms with Gasteiger partial charge in [-0.2, -0.15) is 0 Å². The average Bonchev–Trinajstić information content (AvgIpc) is 2.59. The summed E-state index contributed by atoms with van der Waals surface area (Å²) in [7, 11) is 0. The molecule has 0 aliphatic heterocycles. The first-order valence-electron chi connectivity index (χ1n) is 5.54. The molecule has 0 aliphatic carbocycles. The maximum Gasteiger partial charge on any atom is 0.135 e. The zero-order valence-corrected chi connectivity index (χ0v) is 11.5. The molecule has 15 heavy (non-hydrogen) atoms. The predicted octanol–water partition coefficient (Wildman–Crippen LogP) is 3.98. The lowest BCUT2D eigenvalue weighted by molar-refractivity contribution is 0.269. The fraction of sp³-hybridized carbons (Fsp3) is 0.667. The van der Waals surface area contributed by atoms with E-state index in [1.54, 1.807) is 6.26 Å². The molecule has 3 heteroatoms. The standard InChI is InChI=1S/C12H20BrNO/c1-5-14-11(9(4)8(2)3)12-10(13)6-7-15-12/h6-9,11,14H,5H2,1-4H3. The topological polar surface area (TPSA) is 25.2 Å². The Bertz CT molecular complexity index is 296. The van der Waals surface area contributed by atoms with Crippen LogP contribution in [0.4, 0.5) is 0 Å². The SMILES string of the molecule is CCNC(c1occc1Br)C(C)C(C)C. The highest BCUT2D eigenvalue weighted by atomic mass is 79.9. The van der Waals surface area contributed by atoms with Gasteiger partial charge in [0.15, 0.2) is 0 Å². The highest BCUT2D eigenvalue weighted by Gasteiger charge is 2.25. The molecule has 86 valence electrons. The van der Waals surface area contributed by atoms with Crippen LogP contribution in [0.25, 0.3) is 0 Å². The first kappa shape index (κ1) is 12.8.